The number of piperazine rings is 1. The second-order valence-electron chi connectivity index (χ2n) is 7.48. The van der Waals surface area contributed by atoms with Crippen LogP contribution < -0.4 is 11.2 Å². The highest BCUT2D eigenvalue weighted by atomic mass is 35.5. The van der Waals surface area contributed by atoms with Crippen LogP contribution in [0.5, 0.6) is 0 Å². The monoisotopic (exact) mass is 558 g/mol. The highest BCUT2D eigenvalue weighted by Crippen LogP contribution is 2.34. The fourth-order valence-electron chi connectivity index (χ4n) is 3.29. The van der Waals surface area contributed by atoms with E-state index in [1.165, 1.54) is 19.2 Å². The summed E-state index contributed by atoms with van der Waals surface area (Å²) < 4.78 is 27.3. The SMILES string of the molecule is Cc1cn(CC(=O)N2CCN(S(=O)(=O)c3nnc(-c4ccc(Cl)cc4Cl)s3)C(=O)C2)c(=O)[nH]c1=O. The summed E-state index contributed by atoms with van der Waals surface area (Å²) in [6.45, 7) is 0.159. The number of benzene rings is 1. The number of aryl methyl sites for hydroxylation is 1. The Morgan fingerprint density at radius 2 is 1.91 bits per heavy atom. The summed E-state index contributed by atoms with van der Waals surface area (Å²) >= 11 is 12.8. The maximum Gasteiger partial charge on any atom is 0.328 e. The van der Waals surface area contributed by atoms with Gasteiger partial charge in [-0.15, -0.1) is 10.2 Å². The molecule has 1 aliphatic heterocycles. The average molecular weight is 559 g/mol. The van der Waals surface area contributed by atoms with E-state index in [4.69, 9.17) is 23.2 Å². The maximum absolute atomic E-state index is 13.0. The Balaban J connectivity index is 1.48. The molecule has 4 rings (SSSR count). The molecule has 3 heterocycles. The first kappa shape index (κ1) is 25.0. The molecular weight excluding hydrogens is 543 g/mol. The van der Waals surface area contributed by atoms with Gasteiger partial charge in [0.2, 0.25) is 5.91 Å². The number of H-pyrrole nitrogens is 1. The molecule has 0 radical (unpaired) electrons. The van der Waals surface area contributed by atoms with Crippen molar-refractivity contribution in [2.45, 2.75) is 17.8 Å². The standard InChI is InChI=1S/C19H16Cl2N6O6S2/c1-10-7-26(18(31)22-16(10)30)8-14(28)25-4-5-27(15(29)9-25)35(32,33)19-24-23-17(34-19)12-3-2-11(20)6-13(12)21/h2-3,6-7H,4-5,8-9H2,1H3,(H,22,30,31). The molecule has 0 unspecified atom stereocenters. The molecule has 1 aromatic carbocycles. The number of amides is 2. The topological polar surface area (TPSA) is 155 Å². The summed E-state index contributed by atoms with van der Waals surface area (Å²) in [7, 11) is -4.32. The van der Waals surface area contributed by atoms with Gasteiger partial charge in [0.05, 0.1) is 11.6 Å². The molecule has 0 spiro atoms. The van der Waals surface area contributed by atoms with Crippen molar-refractivity contribution in [3.63, 3.8) is 0 Å². The lowest BCUT2D eigenvalue weighted by Crippen LogP contribution is -2.54. The number of carbonyl (C=O) groups is 2. The number of nitrogens with zero attached hydrogens (tertiary/aromatic N) is 5. The minimum Gasteiger partial charge on any atom is -0.330 e. The van der Waals surface area contributed by atoms with Crippen LogP contribution in [0.4, 0.5) is 0 Å². The second-order valence-corrected chi connectivity index (χ2v) is 11.3. The lowest BCUT2D eigenvalue weighted by Gasteiger charge is -2.33. The lowest BCUT2D eigenvalue weighted by molar-refractivity contribution is -0.142. The van der Waals surface area contributed by atoms with Gasteiger partial charge < -0.3 is 4.90 Å². The zero-order valence-electron chi connectivity index (χ0n) is 17.9. The van der Waals surface area contributed by atoms with Gasteiger partial charge in [-0.25, -0.2) is 9.10 Å². The molecule has 0 atom stereocenters. The van der Waals surface area contributed by atoms with E-state index in [1.54, 1.807) is 12.1 Å². The van der Waals surface area contributed by atoms with E-state index in [1.807, 2.05) is 0 Å². The number of aromatic nitrogens is 4. The Morgan fingerprint density at radius 1 is 1.17 bits per heavy atom. The van der Waals surface area contributed by atoms with Crippen molar-refractivity contribution in [3.05, 3.63) is 60.8 Å². The molecule has 1 aliphatic rings. The number of aromatic amines is 1. The number of carbonyl (C=O) groups excluding carboxylic acids is 2. The molecule has 16 heteroatoms. The average Bonchev–Trinajstić information content (AvgIpc) is 3.28. The maximum atomic E-state index is 13.0. The minimum absolute atomic E-state index is 0.0877. The van der Waals surface area contributed by atoms with Crippen molar-refractivity contribution in [2.24, 2.45) is 0 Å². The van der Waals surface area contributed by atoms with Crippen LogP contribution in [-0.4, -0.2) is 68.8 Å². The van der Waals surface area contributed by atoms with Crippen molar-refractivity contribution < 1.29 is 18.0 Å². The van der Waals surface area contributed by atoms with Gasteiger partial charge in [-0.1, -0.05) is 34.5 Å². The van der Waals surface area contributed by atoms with E-state index < -0.39 is 50.5 Å². The van der Waals surface area contributed by atoms with Gasteiger partial charge in [-0.3, -0.25) is 23.9 Å². The van der Waals surface area contributed by atoms with Crippen LogP contribution in [0.15, 0.2) is 38.3 Å². The number of rotatable bonds is 5. The third kappa shape index (κ3) is 5.00. The van der Waals surface area contributed by atoms with Gasteiger partial charge in [0, 0.05) is 28.9 Å². The van der Waals surface area contributed by atoms with Crippen LogP contribution in [0, 0.1) is 6.92 Å². The zero-order valence-corrected chi connectivity index (χ0v) is 21.0. The van der Waals surface area contributed by atoms with Crippen LogP contribution in [0.1, 0.15) is 5.56 Å². The molecule has 3 aromatic rings. The molecule has 1 saturated heterocycles. The molecule has 12 nitrogen and oxygen atoms in total. The summed E-state index contributed by atoms with van der Waals surface area (Å²) in [6.07, 6.45) is 1.24. The van der Waals surface area contributed by atoms with E-state index in [9.17, 15) is 27.6 Å². The summed E-state index contributed by atoms with van der Waals surface area (Å²) in [6, 6.07) is 4.63. The first-order valence-electron chi connectivity index (χ1n) is 9.90. The van der Waals surface area contributed by atoms with Crippen LogP contribution >= 0.6 is 34.5 Å². The molecular formula is C19H16Cl2N6O6S2. The molecule has 184 valence electrons. The zero-order chi connectivity index (χ0) is 25.5. The van der Waals surface area contributed by atoms with Crippen LogP contribution in [0.3, 0.4) is 0 Å². The molecule has 2 aromatic heterocycles. The summed E-state index contributed by atoms with van der Waals surface area (Å²) in [5.74, 6) is -1.42. The summed E-state index contributed by atoms with van der Waals surface area (Å²) in [5.41, 5.74) is -0.662. The predicted molar refractivity (Wildman–Crippen MR) is 127 cm³/mol. The third-order valence-corrected chi connectivity index (χ3v) is 8.77. The van der Waals surface area contributed by atoms with Gasteiger partial charge in [0.1, 0.15) is 18.1 Å². The van der Waals surface area contributed by atoms with Crippen molar-refractivity contribution in [1.82, 2.24) is 29.0 Å². The lowest BCUT2D eigenvalue weighted by atomic mass is 10.2. The molecule has 1 N–H and O–H groups in total. The molecule has 35 heavy (non-hydrogen) atoms. The molecule has 1 fully saturated rings. The highest BCUT2D eigenvalue weighted by Gasteiger charge is 2.37. The van der Waals surface area contributed by atoms with Crippen LogP contribution in [-0.2, 0) is 26.2 Å². The summed E-state index contributed by atoms with van der Waals surface area (Å²) in [4.78, 5) is 51.9. The van der Waals surface area contributed by atoms with Gasteiger partial charge in [0.15, 0.2) is 0 Å². The minimum atomic E-state index is -4.32. The van der Waals surface area contributed by atoms with Gasteiger partial charge in [-0.05, 0) is 25.1 Å². The van der Waals surface area contributed by atoms with Gasteiger partial charge in [-0.2, -0.15) is 8.42 Å². The number of halogens is 2. The van der Waals surface area contributed by atoms with Crippen molar-refractivity contribution in [2.75, 3.05) is 19.6 Å². The molecule has 0 saturated carbocycles. The fourth-order valence-corrected chi connectivity index (χ4v) is 6.37. The Hall–Kier alpha value is -3.07. The second kappa shape index (κ2) is 9.53. The van der Waals surface area contributed by atoms with E-state index in [0.29, 0.717) is 14.9 Å². The van der Waals surface area contributed by atoms with Crippen LogP contribution in [0.2, 0.25) is 10.0 Å². The Morgan fingerprint density at radius 3 is 2.60 bits per heavy atom. The predicted octanol–water partition coefficient (Wildman–Crippen LogP) is 0.730. The molecule has 2 amide bonds. The van der Waals surface area contributed by atoms with E-state index in [2.05, 4.69) is 15.2 Å². The summed E-state index contributed by atoms with van der Waals surface area (Å²) in [5, 5.41) is 8.49. The van der Waals surface area contributed by atoms with Gasteiger partial charge >= 0.3 is 5.69 Å². The largest absolute Gasteiger partial charge is 0.330 e. The molecule has 0 aliphatic carbocycles. The normalized spacial score (nSPS) is 14.4. The first-order chi connectivity index (χ1) is 16.5. The Labute approximate surface area is 211 Å². The Kier molecular flexibility index (Phi) is 6.81. The first-order valence-corrected chi connectivity index (χ1v) is 12.9. The smallest absolute Gasteiger partial charge is 0.328 e. The highest BCUT2D eigenvalue weighted by molar-refractivity contribution is 7.91. The van der Waals surface area contributed by atoms with E-state index in [-0.39, 0.29) is 28.7 Å². The number of hydrogen-bond donors (Lipinski definition) is 1. The van der Waals surface area contributed by atoms with E-state index in [0.717, 1.165) is 20.8 Å². The number of sulfonamides is 1. The molecule has 0 bridgehead atoms. The Bertz CT molecular complexity index is 1560. The van der Waals surface area contributed by atoms with Crippen molar-refractivity contribution in [1.29, 1.82) is 0 Å². The quantitative estimate of drug-likeness (QED) is 0.480. The van der Waals surface area contributed by atoms with Gasteiger partial charge in [0.25, 0.3) is 25.8 Å². The number of nitrogens with one attached hydrogen (secondary N) is 1. The van der Waals surface area contributed by atoms with Crippen molar-refractivity contribution >= 4 is 56.4 Å². The van der Waals surface area contributed by atoms with E-state index >= 15 is 0 Å². The fraction of sp³-hybridized carbons (Fsp3) is 0.263. The number of hydrogen-bond acceptors (Lipinski definition) is 9. The van der Waals surface area contributed by atoms with Crippen LogP contribution in [0.25, 0.3) is 10.6 Å². The third-order valence-electron chi connectivity index (χ3n) is 5.10. The van der Waals surface area contributed by atoms with Crippen molar-refractivity contribution in [3.8, 4) is 10.6 Å².